The van der Waals surface area contributed by atoms with Crippen LogP contribution >= 0.6 is 0 Å². The van der Waals surface area contributed by atoms with Crippen molar-refractivity contribution in [2.24, 2.45) is 5.84 Å². The Morgan fingerprint density at radius 3 is 2.57 bits per heavy atom. The standard InChI is InChI=1S/C12H20F4N4O/c1-8(2)20-4-3-9(19-20)5-10(18-17)6-21-7-12(15,16)11(13)14/h3-4,8,10-11,18H,5-7,17H2,1-2H3. The second-order valence-corrected chi connectivity index (χ2v) is 5.03. The topological polar surface area (TPSA) is 65.1 Å². The van der Waals surface area contributed by atoms with E-state index >= 15 is 0 Å². The maximum Gasteiger partial charge on any atom is 0.330 e. The highest BCUT2D eigenvalue weighted by Crippen LogP contribution is 2.22. The number of nitrogens with two attached hydrogens (primary N) is 1. The van der Waals surface area contributed by atoms with Gasteiger partial charge in [0.25, 0.3) is 0 Å². The highest BCUT2D eigenvalue weighted by Gasteiger charge is 2.41. The zero-order valence-corrected chi connectivity index (χ0v) is 11.9. The first-order valence-corrected chi connectivity index (χ1v) is 6.50. The van der Waals surface area contributed by atoms with E-state index in [1.54, 1.807) is 16.9 Å². The van der Waals surface area contributed by atoms with Crippen molar-refractivity contribution in [1.29, 1.82) is 0 Å². The Bertz CT molecular complexity index is 425. The van der Waals surface area contributed by atoms with Gasteiger partial charge in [-0.05, 0) is 19.9 Å². The summed E-state index contributed by atoms with van der Waals surface area (Å²) in [5.41, 5.74) is 3.10. The lowest BCUT2D eigenvalue weighted by molar-refractivity contribution is -0.167. The zero-order chi connectivity index (χ0) is 16.0. The predicted molar refractivity (Wildman–Crippen MR) is 69.2 cm³/mol. The van der Waals surface area contributed by atoms with Crippen molar-refractivity contribution in [3.05, 3.63) is 18.0 Å². The minimum Gasteiger partial charge on any atom is -0.373 e. The van der Waals surface area contributed by atoms with Crippen LogP contribution in [0.1, 0.15) is 25.6 Å². The third kappa shape index (κ3) is 5.60. The van der Waals surface area contributed by atoms with Crippen LogP contribution < -0.4 is 11.3 Å². The molecule has 0 spiro atoms. The molecule has 0 aromatic carbocycles. The van der Waals surface area contributed by atoms with Gasteiger partial charge in [-0.15, -0.1) is 0 Å². The van der Waals surface area contributed by atoms with Crippen LogP contribution in [0.5, 0.6) is 0 Å². The molecule has 1 aromatic rings. The van der Waals surface area contributed by atoms with E-state index in [1.165, 1.54) is 0 Å². The first-order valence-electron chi connectivity index (χ1n) is 6.50. The van der Waals surface area contributed by atoms with Gasteiger partial charge in [0, 0.05) is 18.7 Å². The van der Waals surface area contributed by atoms with E-state index in [1.807, 2.05) is 13.8 Å². The predicted octanol–water partition coefficient (Wildman–Crippen LogP) is 1.76. The van der Waals surface area contributed by atoms with Crippen molar-refractivity contribution >= 4 is 0 Å². The van der Waals surface area contributed by atoms with Crippen LogP contribution in [0.4, 0.5) is 17.6 Å². The Labute approximate surface area is 120 Å². The fraction of sp³-hybridized carbons (Fsp3) is 0.750. The van der Waals surface area contributed by atoms with E-state index in [4.69, 9.17) is 5.84 Å². The third-order valence-corrected chi connectivity index (χ3v) is 2.82. The molecule has 0 aliphatic heterocycles. The maximum absolute atomic E-state index is 12.7. The molecule has 0 saturated carbocycles. The fourth-order valence-corrected chi connectivity index (χ4v) is 1.59. The molecule has 0 aliphatic rings. The molecular formula is C12H20F4N4O. The minimum atomic E-state index is -4.15. The van der Waals surface area contributed by atoms with Crippen LogP contribution in [0.3, 0.4) is 0 Å². The van der Waals surface area contributed by atoms with Crippen LogP contribution in [0.15, 0.2) is 12.3 Å². The molecular weight excluding hydrogens is 292 g/mol. The number of aromatic nitrogens is 2. The van der Waals surface area contributed by atoms with E-state index < -0.39 is 25.0 Å². The number of hydrogen-bond acceptors (Lipinski definition) is 4. The largest absolute Gasteiger partial charge is 0.373 e. The van der Waals surface area contributed by atoms with Gasteiger partial charge in [0.2, 0.25) is 0 Å². The van der Waals surface area contributed by atoms with Gasteiger partial charge < -0.3 is 4.74 Å². The number of halogens is 4. The summed E-state index contributed by atoms with van der Waals surface area (Å²) in [4.78, 5) is 0. The molecule has 122 valence electrons. The van der Waals surface area contributed by atoms with E-state index in [0.717, 1.165) is 0 Å². The smallest absolute Gasteiger partial charge is 0.330 e. The van der Waals surface area contributed by atoms with E-state index in [-0.39, 0.29) is 12.6 Å². The van der Waals surface area contributed by atoms with E-state index in [9.17, 15) is 17.6 Å². The van der Waals surface area contributed by atoms with Crippen molar-refractivity contribution < 1.29 is 22.3 Å². The van der Waals surface area contributed by atoms with Crippen LogP contribution in [-0.4, -0.2) is 41.4 Å². The Kier molecular flexibility index (Phi) is 6.56. The Balaban J connectivity index is 2.44. The second-order valence-electron chi connectivity index (χ2n) is 5.03. The SMILES string of the molecule is CC(C)n1ccc(CC(COCC(F)(F)C(F)F)NN)n1. The van der Waals surface area contributed by atoms with Crippen molar-refractivity contribution in [2.45, 2.75) is 44.7 Å². The summed E-state index contributed by atoms with van der Waals surface area (Å²) in [5.74, 6) is 1.14. The van der Waals surface area contributed by atoms with Crippen molar-refractivity contribution in [3.8, 4) is 0 Å². The highest BCUT2D eigenvalue weighted by atomic mass is 19.3. The number of ether oxygens (including phenoxy) is 1. The number of nitrogens with one attached hydrogen (secondary N) is 1. The summed E-state index contributed by atoms with van der Waals surface area (Å²) in [5, 5.41) is 4.28. The van der Waals surface area contributed by atoms with Gasteiger partial charge in [0.1, 0.15) is 6.61 Å². The molecule has 1 rings (SSSR count). The van der Waals surface area contributed by atoms with Gasteiger partial charge in [-0.3, -0.25) is 16.0 Å². The molecule has 21 heavy (non-hydrogen) atoms. The molecule has 0 aliphatic carbocycles. The van der Waals surface area contributed by atoms with Gasteiger partial charge in [0.05, 0.1) is 18.3 Å². The molecule has 5 nitrogen and oxygen atoms in total. The van der Waals surface area contributed by atoms with Gasteiger partial charge in [-0.25, -0.2) is 8.78 Å². The molecule has 0 saturated heterocycles. The Morgan fingerprint density at radius 1 is 1.43 bits per heavy atom. The summed E-state index contributed by atoms with van der Waals surface area (Å²) in [7, 11) is 0. The summed E-state index contributed by atoms with van der Waals surface area (Å²) in [6, 6.07) is 1.48. The number of nitrogens with zero attached hydrogens (tertiary/aromatic N) is 2. The molecule has 0 bridgehead atoms. The summed E-state index contributed by atoms with van der Waals surface area (Å²) >= 11 is 0. The first kappa shape index (κ1) is 17.9. The van der Waals surface area contributed by atoms with Crippen molar-refractivity contribution in [3.63, 3.8) is 0 Å². The first-order chi connectivity index (χ1) is 9.76. The molecule has 1 unspecified atom stereocenters. The summed E-state index contributed by atoms with van der Waals surface area (Å²) in [6.45, 7) is 2.37. The normalized spacial score (nSPS) is 14.1. The summed E-state index contributed by atoms with van der Waals surface area (Å²) < 4.78 is 55.7. The third-order valence-electron chi connectivity index (χ3n) is 2.82. The van der Waals surface area contributed by atoms with Crippen LogP contribution in [0, 0.1) is 0 Å². The Morgan fingerprint density at radius 2 is 2.10 bits per heavy atom. The summed E-state index contributed by atoms with van der Waals surface area (Å²) in [6.07, 6.45) is -1.61. The second kappa shape index (κ2) is 7.71. The molecule has 1 heterocycles. The maximum atomic E-state index is 12.7. The quantitative estimate of drug-likeness (QED) is 0.414. The lowest BCUT2D eigenvalue weighted by Crippen LogP contribution is -2.42. The van der Waals surface area contributed by atoms with Crippen LogP contribution in [0.2, 0.25) is 0 Å². The zero-order valence-electron chi connectivity index (χ0n) is 11.9. The van der Waals surface area contributed by atoms with Gasteiger partial charge >= 0.3 is 12.3 Å². The molecule has 1 aromatic heterocycles. The van der Waals surface area contributed by atoms with Crippen molar-refractivity contribution in [2.75, 3.05) is 13.2 Å². The van der Waals surface area contributed by atoms with Gasteiger partial charge in [0.15, 0.2) is 0 Å². The number of alkyl halides is 4. The van der Waals surface area contributed by atoms with Gasteiger partial charge in [-0.2, -0.15) is 13.9 Å². The average Bonchev–Trinajstić information content (AvgIpc) is 2.86. The number of hydrazine groups is 1. The molecule has 0 fully saturated rings. The van der Waals surface area contributed by atoms with E-state index in [0.29, 0.717) is 12.1 Å². The monoisotopic (exact) mass is 312 g/mol. The Hall–Kier alpha value is -1.19. The fourth-order valence-electron chi connectivity index (χ4n) is 1.59. The van der Waals surface area contributed by atoms with E-state index in [2.05, 4.69) is 15.3 Å². The number of hydrogen-bond donors (Lipinski definition) is 2. The van der Waals surface area contributed by atoms with Crippen LogP contribution in [0.25, 0.3) is 0 Å². The minimum absolute atomic E-state index is 0.198. The molecule has 9 heteroatoms. The highest BCUT2D eigenvalue weighted by molar-refractivity contribution is 5.02. The number of rotatable bonds is 9. The van der Waals surface area contributed by atoms with Crippen molar-refractivity contribution in [1.82, 2.24) is 15.2 Å². The molecule has 0 radical (unpaired) electrons. The molecule has 3 N–H and O–H groups in total. The molecule has 0 amide bonds. The van der Waals surface area contributed by atoms with Gasteiger partial charge in [-0.1, -0.05) is 0 Å². The average molecular weight is 312 g/mol. The lowest BCUT2D eigenvalue weighted by Gasteiger charge is -2.19. The van der Waals surface area contributed by atoms with Crippen LogP contribution in [-0.2, 0) is 11.2 Å². The molecule has 1 atom stereocenters. The lowest BCUT2D eigenvalue weighted by atomic mass is 10.2.